The average molecular weight is 466 g/mol. The lowest BCUT2D eigenvalue weighted by atomic mass is 10.1. The molecule has 0 saturated carbocycles. The molecule has 0 aliphatic carbocycles. The minimum atomic E-state index is -0.734. The summed E-state index contributed by atoms with van der Waals surface area (Å²) in [5.41, 5.74) is 0.802. The van der Waals surface area contributed by atoms with Crippen LogP contribution in [0.15, 0.2) is 48.5 Å². The maximum atomic E-state index is 12.9. The van der Waals surface area contributed by atoms with E-state index < -0.39 is 6.04 Å². The third kappa shape index (κ3) is 5.75. The number of Topliss-reactive ketones (excluding diaryl/α,β-unsaturated/α-hetero) is 1. The summed E-state index contributed by atoms with van der Waals surface area (Å²) in [5, 5.41) is 2.95. The van der Waals surface area contributed by atoms with Gasteiger partial charge in [-0.3, -0.25) is 19.3 Å². The molecule has 2 amide bonds. The Hall–Kier alpha value is -3.39. The van der Waals surface area contributed by atoms with Crippen molar-refractivity contribution in [1.29, 1.82) is 0 Å². The molecule has 1 atom stereocenters. The second kappa shape index (κ2) is 11.2. The van der Waals surface area contributed by atoms with Crippen LogP contribution in [-0.2, 0) is 9.59 Å². The van der Waals surface area contributed by atoms with Gasteiger partial charge in [0.2, 0.25) is 5.91 Å². The Morgan fingerprint density at radius 3 is 2.62 bits per heavy atom. The minimum Gasteiger partial charge on any atom is -0.485 e. The number of benzene rings is 2. The number of carbonyl (C=O) groups is 3. The number of ketones is 1. The number of nitrogens with zero attached hydrogens (tertiary/aromatic N) is 2. The number of hydrogen-bond acceptors (Lipinski definition) is 6. The average Bonchev–Trinajstić information content (AvgIpc) is 2.87. The van der Waals surface area contributed by atoms with Gasteiger partial charge in [-0.05, 0) is 63.2 Å². The number of piperidine rings is 1. The fourth-order valence-electron chi connectivity index (χ4n) is 4.30. The number of ether oxygens (including phenoxy) is 2. The molecule has 8 nitrogen and oxygen atoms in total. The van der Waals surface area contributed by atoms with Crippen LogP contribution in [0.4, 0.5) is 5.69 Å². The van der Waals surface area contributed by atoms with Crippen LogP contribution in [-0.4, -0.2) is 67.9 Å². The number of para-hydroxylation sites is 1. The van der Waals surface area contributed by atoms with Crippen LogP contribution >= 0.6 is 0 Å². The topological polar surface area (TPSA) is 88.2 Å². The Bertz CT molecular complexity index is 1020. The van der Waals surface area contributed by atoms with E-state index in [0.29, 0.717) is 29.3 Å². The van der Waals surface area contributed by atoms with Crippen molar-refractivity contribution < 1.29 is 23.9 Å². The maximum absolute atomic E-state index is 12.9. The molecule has 2 heterocycles. The molecule has 0 radical (unpaired) electrons. The fourth-order valence-corrected chi connectivity index (χ4v) is 4.30. The normalized spacial score (nSPS) is 16.9. The summed E-state index contributed by atoms with van der Waals surface area (Å²) in [7, 11) is 0. The van der Waals surface area contributed by atoms with Gasteiger partial charge in [0.1, 0.15) is 17.5 Å². The van der Waals surface area contributed by atoms with E-state index in [1.165, 1.54) is 24.2 Å². The summed E-state index contributed by atoms with van der Waals surface area (Å²) in [4.78, 5) is 42.1. The highest BCUT2D eigenvalue weighted by atomic mass is 16.5. The van der Waals surface area contributed by atoms with Crippen molar-refractivity contribution in [3.8, 4) is 11.5 Å². The molecular weight excluding hydrogens is 434 g/mol. The molecule has 0 bridgehead atoms. The highest BCUT2D eigenvalue weighted by molar-refractivity contribution is 6.05. The zero-order chi connectivity index (χ0) is 23.9. The number of fused-ring (bicyclic) bond motifs is 1. The standard InChI is InChI=1S/C26H31N3O5/c1-19(26(32)27-12-15-28-13-6-3-7-14-28)29-22-16-20(10-11-24(22)34-18-25(29)31)23(30)17-33-21-8-4-2-5-9-21/h2,4-5,8-11,16,19H,3,6-7,12-15,17-18H2,1H3,(H,27,32)/t19-/m1/s1. The Morgan fingerprint density at radius 1 is 1.09 bits per heavy atom. The van der Waals surface area contributed by atoms with Crippen molar-refractivity contribution in [2.75, 3.05) is 44.3 Å². The number of amides is 2. The van der Waals surface area contributed by atoms with E-state index in [4.69, 9.17) is 9.47 Å². The van der Waals surface area contributed by atoms with Crippen LogP contribution in [0.3, 0.4) is 0 Å². The van der Waals surface area contributed by atoms with Crippen LogP contribution < -0.4 is 19.7 Å². The zero-order valence-corrected chi connectivity index (χ0v) is 19.5. The molecule has 0 unspecified atom stereocenters. The van der Waals surface area contributed by atoms with Gasteiger partial charge in [0.05, 0.1) is 5.69 Å². The van der Waals surface area contributed by atoms with Gasteiger partial charge < -0.3 is 19.7 Å². The summed E-state index contributed by atoms with van der Waals surface area (Å²) >= 11 is 0. The summed E-state index contributed by atoms with van der Waals surface area (Å²) < 4.78 is 11.1. The van der Waals surface area contributed by atoms with E-state index in [0.717, 1.165) is 19.6 Å². The first kappa shape index (κ1) is 23.8. The van der Waals surface area contributed by atoms with E-state index in [1.54, 1.807) is 37.3 Å². The Kier molecular flexibility index (Phi) is 7.80. The lowest BCUT2D eigenvalue weighted by Gasteiger charge is -2.34. The van der Waals surface area contributed by atoms with Crippen LogP contribution in [0.1, 0.15) is 36.5 Å². The smallest absolute Gasteiger partial charge is 0.265 e. The maximum Gasteiger partial charge on any atom is 0.265 e. The Labute approximate surface area is 199 Å². The first-order valence-corrected chi connectivity index (χ1v) is 11.8. The highest BCUT2D eigenvalue weighted by Crippen LogP contribution is 2.34. The van der Waals surface area contributed by atoms with E-state index in [-0.39, 0.29) is 30.8 Å². The predicted molar refractivity (Wildman–Crippen MR) is 128 cm³/mol. The minimum absolute atomic E-state index is 0.135. The molecule has 4 rings (SSSR count). The summed E-state index contributed by atoms with van der Waals surface area (Å²) in [6.07, 6.45) is 3.66. The largest absolute Gasteiger partial charge is 0.485 e. The Morgan fingerprint density at radius 2 is 1.85 bits per heavy atom. The summed E-state index contributed by atoms with van der Waals surface area (Å²) in [6.45, 7) is 4.86. The molecule has 34 heavy (non-hydrogen) atoms. The second-order valence-corrected chi connectivity index (χ2v) is 8.63. The van der Waals surface area contributed by atoms with Gasteiger partial charge in [0.15, 0.2) is 19.0 Å². The molecule has 1 saturated heterocycles. The van der Waals surface area contributed by atoms with Gasteiger partial charge in [0.25, 0.3) is 5.91 Å². The third-order valence-corrected chi connectivity index (χ3v) is 6.22. The molecule has 180 valence electrons. The molecule has 2 aromatic rings. The number of carbonyl (C=O) groups excluding carboxylic acids is 3. The summed E-state index contributed by atoms with van der Waals surface area (Å²) in [5.74, 6) is 0.277. The molecule has 2 aliphatic rings. The van der Waals surface area contributed by atoms with E-state index in [9.17, 15) is 14.4 Å². The highest BCUT2D eigenvalue weighted by Gasteiger charge is 2.33. The first-order chi connectivity index (χ1) is 16.5. The van der Waals surface area contributed by atoms with Crippen molar-refractivity contribution in [2.24, 2.45) is 0 Å². The van der Waals surface area contributed by atoms with E-state index in [2.05, 4.69) is 10.2 Å². The van der Waals surface area contributed by atoms with E-state index >= 15 is 0 Å². The molecule has 2 aliphatic heterocycles. The first-order valence-electron chi connectivity index (χ1n) is 11.8. The van der Waals surface area contributed by atoms with Crippen molar-refractivity contribution >= 4 is 23.3 Å². The SMILES string of the molecule is C[C@H](C(=O)NCCN1CCCCC1)N1C(=O)COc2ccc(C(=O)COc3ccccc3)cc21. The quantitative estimate of drug-likeness (QED) is 0.573. The molecule has 0 spiro atoms. The number of rotatable bonds is 9. The van der Waals surface area contributed by atoms with Crippen LogP contribution in [0.5, 0.6) is 11.5 Å². The van der Waals surface area contributed by atoms with Gasteiger partial charge in [-0.1, -0.05) is 24.6 Å². The van der Waals surface area contributed by atoms with Gasteiger partial charge in [-0.25, -0.2) is 0 Å². The number of likely N-dealkylation sites (tertiary alicyclic amines) is 1. The molecule has 8 heteroatoms. The molecule has 1 N–H and O–H groups in total. The second-order valence-electron chi connectivity index (χ2n) is 8.63. The Balaban J connectivity index is 1.41. The number of hydrogen-bond donors (Lipinski definition) is 1. The van der Waals surface area contributed by atoms with Crippen molar-refractivity contribution in [3.05, 3.63) is 54.1 Å². The van der Waals surface area contributed by atoms with Crippen LogP contribution in [0.2, 0.25) is 0 Å². The van der Waals surface area contributed by atoms with Crippen LogP contribution in [0.25, 0.3) is 0 Å². The predicted octanol–water partition coefficient (Wildman–Crippen LogP) is 2.66. The van der Waals surface area contributed by atoms with Crippen LogP contribution in [0, 0.1) is 0 Å². The molecule has 1 fully saturated rings. The van der Waals surface area contributed by atoms with Crippen molar-refractivity contribution in [2.45, 2.75) is 32.2 Å². The van der Waals surface area contributed by atoms with Gasteiger partial charge in [0, 0.05) is 18.7 Å². The van der Waals surface area contributed by atoms with Crippen molar-refractivity contribution in [3.63, 3.8) is 0 Å². The van der Waals surface area contributed by atoms with E-state index in [1.807, 2.05) is 18.2 Å². The van der Waals surface area contributed by atoms with Gasteiger partial charge >= 0.3 is 0 Å². The monoisotopic (exact) mass is 465 g/mol. The van der Waals surface area contributed by atoms with Gasteiger partial charge in [-0.2, -0.15) is 0 Å². The third-order valence-electron chi connectivity index (χ3n) is 6.22. The molecule has 0 aromatic heterocycles. The summed E-state index contributed by atoms with van der Waals surface area (Å²) in [6, 6.07) is 13.3. The lowest BCUT2D eigenvalue weighted by molar-refractivity contribution is -0.127. The zero-order valence-electron chi connectivity index (χ0n) is 19.5. The van der Waals surface area contributed by atoms with Crippen molar-refractivity contribution in [1.82, 2.24) is 10.2 Å². The number of nitrogens with one attached hydrogen (secondary N) is 1. The fraction of sp³-hybridized carbons (Fsp3) is 0.423. The lowest BCUT2D eigenvalue weighted by Crippen LogP contribution is -2.52. The molecule has 2 aromatic carbocycles. The molecular formula is C26H31N3O5. The number of anilines is 1. The van der Waals surface area contributed by atoms with Gasteiger partial charge in [-0.15, -0.1) is 0 Å².